The third-order valence-corrected chi connectivity index (χ3v) is 4.42. The number of likely N-dealkylation sites (N-methyl/N-ethyl adjacent to an activating group) is 1. The topological polar surface area (TPSA) is 71.8 Å². The van der Waals surface area contributed by atoms with Crippen molar-refractivity contribution in [2.24, 2.45) is 0 Å². The molecule has 0 unspecified atom stereocenters. The Morgan fingerprint density at radius 2 is 1.86 bits per heavy atom. The number of nitrogens with one attached hydrogen (secondary N) is 1. The molecule has 6 nitrogen and oxygen atoms in total. The Balaban J connectivity index is 1.65. The zero-order valence-corrected chi connectivity index (χ0v) is 16.9. The minimum absolute atomic E-state index is 0.219. The molecule has 1 N–H and O–H groups in total. The van der Waals surface area contributed by atoms with Crippen molar-refractivity contribution in [2.45, 2.75) is 13.5 Å². The Morgan fingerprint density at radius 3 is 2.55 bits per heavy atom. The summed E-state index contributed by atoms with van der Waals surface area (Å²) in [4.78, 5) is 26.5. The molecule has 0 atom stereocenters. The number of aryl methyl sites for hydroxylation is 1. The van der Waals surface area contributed by atoms with Crippen LogP contribution in [0.15, 0.2) is 65.1 Å². The minimum atomic E-state index is -0.374. The first kappa shape index (κ1) is 20.5. The second-order valence-electron chi connectivity index (χ2n) is 6.51. The summed E-state index contributed by atoms with van der Waals surface area (Å²) in [5, 5.41) is 3.18. The third-order valence-electron chi connectivity index (χ3n) is 4.18. The van der Waals surface area contributed by atoms with Gasteiger partial charge < -0.3 is 19.4 Å². The summed E-state index contributed by atoms with van der Waals surface area (Å²) in [7, 11) is 1.66. The number of hydrogen-bond donors (Lipinski definition) is 1. The van der Waals surface area contributed by atoms with Crippen LogP contribution in [-0.4, -0.2) is 30.4 Å². The molecule has 0 aliphatic heterocycles. The van der Waals surface area contributed by atoms with Crippen molar-refractivity contribution in [1.82, 2.24) is 4.90 Å². The van der Waals surface area contributed by atoms with E-state index in [2.05, 4.69) is 5.32 Å². The number of ether oxygens (including phenoxy) is 1. The molecule has 0 saturated carbocycles. The van der Waals surface area contributed by atoms with Gasteiger partial charge in [-0.25, -0.2) is 0 Å². The molecule has 0 fully saturated rings. The van der Waals surface area contributed by atoms with Crippen molar-refractivity contribution < 1.29 is 18.7 Å². The van der Waals surface area contributed by atoms with E-state index in [-0.39, 0.29) is 29.7 Å². The van der Waals surface area contributed by atoms with Crippen LogP contribution in [0, 0.1) is 6.92 Å². The van der Waals surface area contributed by atoms with E-state index < -0.39 is 0 Å². The van der Waals surface area contributed by atoms with Gasteiger partial charge in [0.05, 0.1) is 12.1 Å². The maximum atomic E-state index is 12.7. The summed E-state index contributed by atoms with van der Waals surface area (Å²) >= 11 is 6.05. The van der Waals surface area contributed by atoms with Gasteiger partial charge in [0.2, 0.25) is 0 Å². The van der Waals surface area contributed by atoms with Gasteiger partial charge in [0, 0.05) is 17.8 Å². The average molecular weight is 413 g/mol. The van der Waals surface area contributed by atoms with E-state index in [0.717, 1.165) is 5.76 Å². The maximum absolute atomic E-state index is 12.7. The van der Waals surface area contributed by atoms with Gasteiger partial charge in [-0.3, -0.25) is 9.59 Å². The minimum Gasteiger partial charge on any atom is -0.483 e. The number of para-hydroxylation sites is 1. The molecule has 0 aliphatic rings. The summed E-state index contributed by atoms with van der Waals surface area (Å²) in [6.07, 6.45) is 0. The van der Waals surface area contributed by atoms with Crippen LogP contribution in [0.3, 0.4) is 0 Å². The molecule has 1 aromatic heterocycles. The fourth-order valence-corrected chi connectivity index (χ4v) is 2.84. The molecule has 1 heterocycles. The highest BCUT2D eigenvalue weighted by Crippen LogP contribution is 2.24. The third kappa shape index (κ3) is 5.62. The van der Waals surface area contributed by atoms with Crippen LogP contribution in [-0.2, 0) is 11.3 Å². The highest BCUT2D eigenvalue weighted by atomic mass is 35.5. The summed E-state index contributed by atoms with van der Waals surface area (Å²) in [6, 6.07) is 17.4. The Morgan fingerprint density at radius 1 is 1.10 bits per heavy atom. The number of furan rings is 1. The molecule has 3 rings (SSSR count). The second-order valence-corrected chi connectivity index (χ2v) is 6.95. The number of nitrogens with zero attached hydrogens (tertiary/aromatic N) is 1. The molecular weight excluding hydrogens is 392 g/mol. The van der Waals surface area contributed by atoms with E-state index in [4.69, 9.17) is 20.8 Å². The van der Waals surface area contributed by atoms with E-state index in [9.17, 15) is 9.59 Å². The number of carbonyl (C=O) groups excluding carboxylic acids is 2. The highest BCUT2D eigenvalue weighted by molar-refractivity contribution is 6.31. The lowest BCUT2D eigenvalue weighted by Crippen LogP contribution is -2.31. The normalized spacial score (nSPS) is 10.4. The first-order valence-electron chi connectivity index (χ1n) is 9.00. The van der Waals surface area contributed by atoms with E-state index in [1.165, 1.54) is 11.0 Å². The largest absolute Gasteiger partial charge is 0.483 e. The van der Waals surface area contributed by atoms with Gasteiger partial charge in [-0.1, -0.05) is 29.8 Å². The monoisotopic (exact) mass is 412 g/mol. The van der Waals surface area contributed by atoms with Crippen molar-refractivity contribution in [1.29, 1.82) is 0 Å². The number of carbonyl (C=O) groups is 2. The quantitative estimate of drug-likeness (QED) is 0.618. The fraction of sp³-hybridized carbons (Fsp3) is 0.182. The van der Waals surface area contributed by atoms with Crippen LogP contribution < -0.4 is 10.1 Å². The van der Waals surface area contributed by atoms with Crippen LogP contribution in [0.25, 0.3) is 0 Å². The van der Waals surface area contributed by atoms with Crippen LogP contribution in [0.4, 0.5) is 5.69 Å². The van der Waals surface area contributed by atoms with Gasteiger partial charge in [0.25, 0.3) is 11.8 Å². The zero-order chi connectivity index (χ0) is 20.8. The predicted octanol–water partition coefficient (Wildman–Crippen LogP) is 4.53. The molecule has 29 heavy (non-hydrogen) atoms. The Bertz CT molecular complexity index is 1000. The van der Waals surface area contributed by atoms with E-state index in [1.807, 2.05) is 37.3 Å². The molecule has 150 valence electrons. The number of anilines is 1. The number of benzene rings is 2. The molecule has 0 saturated heterocycles. The highest BCUT2D eigenvalue weighted by Gasteiger charge is 2.17. The SMILES string of the molecule is Cc1ccc(CN(C)C(=O)COc2ccc(Cl)cc2C(=O)Nc2ccccc2)o1. The summed E-state index contributed by atoms with van der Waals surface area (Å²) in [5.41, 5.74) is 0.895. The molecule has 0 aliphatic carbocycles. The van der Waals surface area contributed by atoms with Crippen LogP contribution in [0.1, 0.15) is 21.9 Å². The first-order chi connectivity index (χ1) is 13.9. The van der Waals surface area contributed by atoms with E-state index in [0.29, 0.717) is 23.0 Å². The van der Waals surface area contributed by atoms with Crippen molar-refractivity contribution >= 4 is 29.1 Å². The average Bonchev–Trinajstić information content (AvgIpc) is 3.12. The Labute approximate surface area is 174 Å². The van der Waals surface area contributed by atoms with E-state index in [1.54, 1.807) is 31.3 Å². The molecule has 0 spiro atoms. The van der Waals surface area contributed by atoms with Crippen LogP contribution in [0.2, 0.25) is 5.02 Å². The molecule has 3 aromatic rings. The van der Waals surface area contributed by atoms with Gasteiger partial charge in [0.1, 0.15) is 17.3 Å². The van der Waals surface area contributed by atoms with Crippen molar-refractivity contribution in [2.75, 3.05) is 19.0 Å². The summed E-state index contributed by atoms with van der Waals surface area (Å²) in [5.74, 6) is 1.13. The second kappa shape index (κ2) is 9.30. The van der Waals surface area contributed by atoms with Gasteiger partial charge in [-0.15, -0.1) is 0 Å². The van der Waals surface area contributed by atoms with Crippen LogP contribution in [0.5, 0.6) is 5.75 Å². The Kier molecular flexibility index (Phi) is 6.57. The molecular formula is C22H21ClN2O4. The van der Waals surface area contributed by atoms with Gasteiger partial charge >= 0.3 is 0 Å². The summed E-state index contributed by atoms with van der Waals surface area (Å²) in [6.45, 7) is 1.96. The lowest BCUT2D eigenvalue weighted by Gasteiger charge is -2.17. The van der Waals surface area contributed by atoms with E-state index >= 15 is 0 Å². The smallest absolute Gasteiger partial charge is 0.260 e. The molecule has 2 amide bonds. The van der Waals surface area contributed by atoms with Gasteiger partial charge in [-0.05, 0) is 49.4 Å². The summed E-state index contributed by atoms with van der Waals surface area (Å²) < 4.78 is 11.1. The predicted molar refractivity (Wildman–Crippen MR) is 111 cm³/mol. The lowest BCUT2D eigenvalue weighted by molar-refractivity contribution is -0.132. The number of halogens is 1. The fourth-order valence-electron chi connectivity index (χ4n) is 2.67. The number of amides is 2. The molecule has 0 radical (unpaired) electrons. The maximum Gasteiger partial charge on any atom is 0.260 e. The number of hydrogen-bond acceptors (Lipinski definition) is 4. The standard InChI is InChI=1S/C22H21ClN2O4/c1-15-8-10-18(29-15)13-25(2)21(26)14-28-20-11-9-16(23)12-19(20)22(27)24-17-6-4-3-5-7-17/h3-12H,13-14H2,1-2H3,(H,24,27). The first-order valence-corrected chi connectivity index (χ1v) is 9.38. The molecule has 0 bridgehead atoms. The Hall–Kier alpha value is -3.25. The van der Waals surface area contributed by atoms with Crippen molar-refractivity contribution in [3.8, 4) is 5.75 Å². The van der Waals surface area contributed by atoms with Crippen molar-refractivity contribution in [3.05, 3.63) is 82.8 Å². The van der Waals surface area contributed by atoms with Gasteiger partial charge in [0.15, 0.2) is 6.61 Å². The molecule has 7 heteroatoms. The van der Waals surface area contributed by atoms with Crippen LogP contribution >= 0.6 is 11.6 Å². The number of rotatable bonds is 7. The molecule has 2 aromatic carbocycles. The van der Waals surface area contributed by atoms with Gasteiger partial charge in [-0.2, -0.15) is 0 Å². The lowest BCUT2D eigenvalue weighted by atomic mass is 10.2. The van der Waals surface area contributed by atoms with Crippen molar-refractivity contribution in [3.63, 3.8) is 0 Å². The zero-order valence-electron chi connectivity index (χ0n) is 16.1.